The Morgan fingerprint density at radius 3 is 2.85 bits per heavy atom. The summed E-state index contributed by atoms with van der Waals surface area (Å²) in [5.41, 5.74) is 2.29. The van der Waals surface area contributed by atoms with E-state index >= 15 is 0 Å². The molecule has 0 amide bonds. The molecule has 0 N–H and O–H groups in total. The van der Waals surface area contributed by atoms with Crippen LogP contribution in [0, 0.1) is 0 Å². The number of aromatic nitrogens is 1. The van der Waals surface area contributed by atoms with Gasteiger partial charge >= 0.3 is 0 Å². The molecule has 1 aliphatic rings. The largest absolute Gasteiger partial charge is 0.240 e. The number of hydrogen-bond donors (Lipinski definition) is 0. The summed E-state index contributed by atoms with van der Waals surface area (Å²) in [6.07, 6.45) is 1.23. The zero-order chi connectivity index (χ0) is 13.9. The fraction of sp³-hybridized carbons (Fsp3) is 0.400. The lowest BCUT2D eigenvalue weighted by atomic mass is 10.2. The Balaban J connectivity index is 1.88. The van der Waals surface area contributed by atoms with E-state index in [0.29, 0.717) is 10.5 Å². The third-order valence-electron chi connectivity index (χ3n) is 3.37. The van der Waals surface area contributed by atoms with Gasteiger partial charge in [0.25, 0.3) is 0 Å². The van der Waals surface area contributed by atoms with Crippen molar-refractivity contribution in [1.29, 1.82) is 0 Å². The molecule has 0 spiro atoms. The second-order valence-corrected chi connectivity index (χ2v) is 9.00. The molecule has 2 unspecified atom stereocenters. The molecular weight excluding hydrogens is 370 g/mol. The molecule has 0 radical (unpaired) electrons. The van der Waals surface area contributed by atoms with Crippen LogP contribution in [0.15, 0.2) is 34.1 Å². The second kappa shape index (κ2) is 6.86. The number of thiazole rings is 1. The van der Waals surface area contributed by atoms with E-state index in [9.17, 15) is 0 Å². The summed E-state index contributed by atoms with van der Waals surface area (Å²) < 4.78 is 1.12. The Morgan fingerprint density at radius 1 is 1.25 bits per heavy atom. The molecule has 0 bridgehead atoms. The summed E-state index contributed by atoms with van der Waals surface area (Å²) in [5, 5.41) is 4.77. The molecule has 1 aromatic carbocycles. The van der Waals surface area contributed by atoms with E-state index < -0.39 is 0 Å². The quantitative estimate of drug-likeness (QED) is 0.655. The molecule has 1 aliphatic heterocycles. The summed E-state index contributed by atoms with van der Waals surface area (Å²) >= 11 is 9.62. The van der Waals surface area contributed by atoms with Crippen molar-refractivity contribution >= 4 is 50.8 Å². The number of halogens is 1. The van der Waals surface area contributed by atoms with Crippen molar-refractivity contribution in [2.45, 2.75) is 23.8 Å². The molecule has 3 rings (SSSR count). The minimum Gasteiger partial charge on any atom is -0.240 e. The molecule has 106 valence electrons. The molecular formula is C15H16BrNS3. The fourth-order valence-corrected chi connectivity index (χ4v) is 7.09. The summed E-state index contributed by atoms with van der Waals surface area (Å²) in [6.45, 7) is 2.29. The summed E-state index contributed by atoms with van der Waals surface area (Å²) in [5.74, 6) is 2.53. The third kappa shape index (κ3) is 3.11. The maximum atomic E-state index is 4.92. The van der Waals surface area contributed by atoms with E-state index in [1.165, 1.54) is 28.5 Å². The first-order valence-electron chi connectivity index (χ1n) is 6.73. The van der Waals surface area contributed by atoms with Gasteiger partial charge in [0.15, 0.2) is 0 Å². The lowest BCUT2D eigenvalue weighted by Gasteiger charge is -2.28. The van der Waals surface area contributed by atoms with Crippen molar-refractivity contribution in [2.75, 3.05) is 11.5 Å². The van der Waals surface area contributed by atoms with Crippen LogP contribution in [-0.4, -0.2) is 21.7 Å². The van der Waals surface area contributed by atoms with Crippen LogP contribution >= 0.6 is 50.8 Å². The zero-order valence-corrected chi connectivity index (χ0v) is 15.2. The first-order valence-corrected chi connectivity index (χ1v) is 10.5. The monoisotopic (exact) mass is 385 g/mol. The van der Waals surface area contributed by atoms with Gasteiger partial charge in [-0.1, -0.05) is 41.1 Å². The highest BCUT2D eigenvalue weighted by atomic mass is 79.9. The number of thioether (sulfide) groups is 2. The molecule has 1 aromatic heterocycles. The maximum absolute atomic E-state index is 4.92. The molecule has 1 fully saturated rings. The Morgan fingerprint density at radius 2 is 2.05 bits per heavy atom. The van der Waals surface area contributed by atoms with Crippen molar-refractivity contribution in [2.24, 2.45) is 0 Å². The SMILES string of the molecule is CCC1SCCSC1c1nc(-c2ccccc2Br)cs1. The van der Waals surface area contributed by atoms with E-state index in [2.05, 4.69) is 70.0 Å². The van der Waals surface area contributed by atoms with Crippen molar-refractivity contribution in [3.05, 3.63) is 39.1 Å². The van der Waals surface area contributed by atoms with Crippen LogP contribution in [0.3, 0.4) is 0 Å². The topological polar surface area (TPSA) is 12.9 Å². The zero-order valence-electron chi connectivity index (χ0n) is 11.2. The average Bonchev–Trinajstić information content (AvgIpc) is 2.97. The van der Waals surface area contributed by atoms with Crippen LogP contribution in [0.1, 0.15) is 23.6 Å². The van der Waals surface area contributed by atoms with Gasteiger partial charge in [0.05, 0.1) is 10.9 Å². The van der Waals surface area contributed by atoms with E-state index in [4.69, 9.17) is 4.98 Å². The Bertz CT molecular complexity index is 584. The van der Waals surface area contributed by atoms with E-state index in [1.807, 2.05) is 17.4 Å². The predicted molar refractivity (Wildman–Crippen MR) is 97.0 cm³/mol. The number of nitrogens with zero attached hydrogens (tertiary/aromatic N) is 1. The van der Waals surface area contributed by atoms with Crippen LogP contribution in [0.5, 0.6) is 0 Å². The smallest absolute Gasteiger partial charge is 0.107 e. The van der Waals surface area contributed by atoms with Crippen LogP contribution in [0.4, 0.5) is 0 Å². The van der Waals surface area contributed by atoms with Gasteiger partial charge in [-0.2, -0.15) is 11.8 Å². The molecule has 20 heavy (non-hydrogen) atoms. The van der Waals surface area contributed by atoms with Gasteiger partial charge in [-0.25, -0.2) is 4.98 Å². The van der Waals surface area contributed by atoms with Gasteiger partial charge in [0, 0.05) is 32.2 Å². The number of benzene rings is 1. The van der Waals surface area contributed by atoms with E-state index in [-0.39, 0.29) is 0 Å². The van der Waals surface area contributed by atoms with Crippen molar-refractivity contribution < 1.29 is 0 Å². The highest BCUT2D eigenvalue weighted by Crippen LogP contribution is 2.45. The highest BCUT2D eigenvalue weighted by molar-refractivity contribution is 9.10. The first kappa shape index (κ1) is 14.9. The molecule has 1 nitrogen and oxygen atoms in total. The van der Waals surface area contributed by atoms with Gasteiger partial charge in [-0.15, -0.1) is 23.1 Å². The predicted octanol–water partition coefficient (Wildman–Crippen LogP) is 5.87. The van der Waals surface area contributed by atoms with Gasteiger partial charge in [-0.3, -0.25) is 0 Å². The van der Waals surface area contributed by atoms with E-state index in [0.717, 1.165) is 10.2 Å². The van der Waals surface area contributed by atoms with Crippen molar-refractivity contribution in [1.82, 2.24) is 4.98 Å². The van der Waals surface area contributed by atoms with Crippen LogP contribution in [0.25, 0.3) is 11.3 Å². The molecule has 2 atom stereocenters. The Kier molecular flexibility index (Phi) is 5.13. The summed E-state index contributed by atoms with van der Waals surface area (Å²) in [7, 11) is 0. The number of rotatable bonds is 3. The third-order valence-corrected chi connectivity index (χ3v) is 8.39. The van der Waals surface area contributed by atoms with Crippen LogP contribution in [0.2, 0.25) is 0 Å². The number of hydrogen-bond acceptors (Lipinski definition) is 4. The molecule has 2 aromatic rings. The van der Waals surface area contributed by atoms with Crippen molar-refractivity contribution in [3.63, 3.8) is 0 Å². The standard InChI is InChI=1S/C15H16BrNS3/c1-2-13-14(19-8-7-18-13)15-17-12(9-20-15)10-5-3-4-6-11(10)16/h3-6,9,13-14H,2,7-8H2,1H3. The minimum atomic E-state index is 0.569. The molecule has 2 heterocycles. The Labute approximate surface area is 141 Å². The van der Waals surface area contributed by atoms with Crippen LogP contribution < -0.4 is 0 Å². The molecule has 0 saturated carbocycles. The first-order chi connectivity index (χ1) is 9.79. The van der Waals surface area contributed by atoms with Gasteiger partial charge < -0.3 is 0 Å². The lowest BCUT2D eigenvalue weighted by molar-refractivity contribution is 0.789. The molecule has 5 heteroatoms. The fourth-order valence-electron chi connectivity index (χ4n) is 2.34. The Hall–Kier alpha value is 0.0300. The normalized spacial score (nSPS) is 22.9. The van der Waals surface area contributed by atoms with Crippen molar-refractivity contribution in [3.8, 4) is 11.3 Å². The lowest BCUT2D eigenvalue weighted by Crippen LogP contribution is -2.18. The molecule has 1 saturated heterocycles. The van der Waals surface area contributed by atoms with E-state index in [1.54, 1.807) is 0 Å². The maximum Gasteiger partial charge on any atom is 0.107 e. The summed E-state index contributed by atoms with van der Waals surface area (Å²) in [6, 6.07) is 8.32. The highest BCUT2D eigenvalue weighted by Gasteiger charge is 2.28. The van der Waals surface area contributed by atoms with Gasteiger partial charge in [0.2, 0.25) is 0 Å². The average molecular weight is 386 g/mol. The van der Waals surface area contributed by atoms with Crippen LogP contribution in [-0.2, 0) is 0 Å². The van der Waals surface area contributed by atoms with Gasteiger partial charge in [0.1, 0.15) is 5.01 Å². The van der Waals surface area contributed by atoms with Gasteiger partial charge in [-0.05, 0) is 12.5 Å². The molecule has 0 aliphatic carbocycles. The summed E-state index contributed by atoms with van der Waals surface area (Å²) in [4.78, 5) is 4.92. The second-order valence-electron chi connectivity index (χ2n) is 4.66. The minimum absolute atomic E-state index is 0.569.